The van der Waals surface area contributed by atoms with Crippen LogP contribution < -0.4 is 9.47 Å². The number of rotatable bonds is 14. The van der Waals surface area contributed by atoms with E-state index < -0.39 is 0 Å². The first-order valence-corrected chi connectivity index (χ1v) is 14.1. The standard InChI is InChI=1S/C28H38N2O5S/c1-2-3-4-5-6-11-27(31)30(18-23-9-7-14-33-23)20-28(32)29(19-24-10-8-15-36-24)17-22-12-13-25-26(16-22)35-21-34-25/h8,10,12-13,15-16,23H,2-7,9,11,14,17-21H2,1H3. The number of unbranched alkanes of at least 4 members (excludes halogenated alkanes) is 4. The van der Waals surface area contributed by atoms with E-state index in [1.807, 2.05) is 40.6 Å². The fourth-order valence-electron chi connectivity index (χ4n) is 4.67. The minimum Gasteiger partial charge on any atom is -0.454 e. The molecule has 4 rings (SSSR count). The molecule has 0 radical (unpaired) electrons. The highest BCUT2D eigenvalue weighted by Gasteiger charge is 2.27. The van der Waals surface area contributed by atoms with Crippen molar-refractivity contribution in [2.45, 2.75) is 77.5 Å². The molecule has 1 aromatic carbocycles. The van der Waals surface area contributed by atoms with Crippen LogP contribution in [0.25, 0.3) is 0 Å². The van der Waals surface area contributed by atoms with Gasteiger partial charge in [-0.25, -0.2) is 0 Å². The SMILES string of the molecule is CCCCCCCC(=O)N(CC(=O)N(Cc1ccc2c(c1)OCO2)Cc1cccs1)CC1CCCO1. The molecule has 1 atom stereocenters. The number of amides is 2. The quantitative estimate of drug-likeness (QED) is 0.317. The maximum Gasteiger partial charge on any atom is 0.242 e. The molecule has 0 bridgehead atoms. The first-order valence-electron chi connectivity index (χ1n) is 13.2. The Kier molecular flexibility index (Phi) is 10.0. The summed E-state index contributed by atoms with van der Waals surface area (Å²) in [5.41, 5.74) is 0.970. The Morgan fingerprint density at radius 3 is 2.64 bits per heavy atom. The molecule has 1 aromatic heterocycles. The lowest BCUT2D eigenvalue weighted by Crippen LogP contribution is -2.45. The van der Waals surface area contributed by atoms with Gasteiger partial charge in [0.2, 0.25) is 18.6 Å². The topological polar surface area (TPSA) is 68.3 Å². The zero-order chi connectivity index (χ0) is 25.2. The fraction of sp³-hybridized carbons (Fsp3) is 0.571. The summed E-state index contributed by atoms with van der Waals surface area (Å²) in [6, 6.07) is 9.82. The maximum absolute atomic E-state index is 13.7. The van der Waals surface area contributed by atoms with E-state index in [9.17, 15) is 9.59 Å². The molecule has 1 fully saturated rings. The van der Waals surface area contributed by atoms with Gasteiger partial charge in [-0.2, -0.15) is 0 Å². The number of hydrogen-bond donors (Lipinski definition) is 0. The molecule has 0 spiro atoms. The molecule has 2 aromatic rings. The molecule has 7 nitrogen and oxygen atoms in total. The van der Waals surface area contributed by atoms with Crippen molar-refractivity contribution in [3.05, 3.63) is 46.2 Å². The number of hydrogen-bond acceptors (Lipinski definition) is 6. The summed E-state index contributed by atoms with van der Waals surface area (Å²) in [5.74, 6) is 1.42. The number of benzene rings is 1. The molecular formula is C28H38N2O5S. The molecule has 0 aliphatic carbocycles. The van der Waals surface area contributed by atoms with Crippen LogP contribution in [0.15, 0.2) is 35.7 Å². The van der Waals surface area contributed by atoms with Gasteiger partial charge in [-0.05, 0) is 48.4 Å². The van der Waals surface area contributed by atoms with E-state index in [1.165, 1.54) is 12.8 Å². The second-order valence-corrected chi connectivity index (χ2v) is 10.6. The van der Waals surface area contributed by atoms with Gasteiger partial charge in [-0.3, -0.25) is 9.59 Å². The van der Waals surface area contributed by atoms with E-state index in [2.05, 4.69) is 6.92 Å². The minimum absolute atomic E-state index is 0.0152. The van der Waals surface area contributed by atoms with Crippen LogP contribution in [0.2, 0.25) is 0 Å². The van der Waals surface area contributed by atoms with Gasteiger partial charge in [0, 0.05) is 31.0 Å². The van der Waals surface area contributed by atoms with Crippen LogP contribution in [-0.2, 0) is 27.4 Å². The third kappa shape index (κ3) is 7.71. The molecule has 3 heterocycles. The Morgan fingerprint density at radius 1 is 1.00 bits per heavy atom. The average Bonchev–Trinajstić information content (AvgIpc) is 3.66. The van der Waals surface area contributed by atoms with Crippen molar-refractivity contribution in [3.63, 3.8) is 0 Å². The predicted octanol–water partition coefficient (Wildman–Crippen LogP) is 5.37. The van der Waals surface area contributed by atoms with Crippen molar-refractivity contribution < 1.29 is 23.8 Å². The first kappa shape index (κ1) is 26.5. The third-order valence-electron chi connectivity index (χ3n) is 6.71. The van der Waals surface area contributed by atoms with E-state index in [0.29, 0.717) is 31.8 Å². The van der Waals surface area contributed by atoms with Crippen LogP contribution in [0, 0.1) is 0 Å². The van der Waals surface area contributed by atoms with Crippen molar-refractivity contribution in [1.82, 2.24) is 9.80 Å². The summed E-state index contributed by atoms with van der Waals surface area (Å²) < 4.78 is 16.8. The van der Waals surface area contributed by atoms with Crippen molar-refractivity contribution in [2.24, 2.45) is 0 Å². The third-order valence-corrected chi connectivity index (χ3v) is 7.57. The van der Waals surface area contributed by atoms with Crippen molar-refractivity contribution in [1.29, 1.82) is 0 Å². The smallest absolute Gasteiger partial charge is 0.242 e. The lowest BCUT2D eigenvalue weighted by atomic mass is 10.1. The monoisotopic (exact) mass is 514 g/mol. The first-order chi connectivity index (χ1) is 17.6. The number of ether oxygens (including phenoxy) is 3. The molecule has 0 saturated carbocycles. The van der Waals surface area contributed by atoms with E-state index in [0.717, 1.165) is 54.9 Å². The van der Waals surface area contributed by atoms with E-state index in [4.69, 9.17) is 14.2 Å². The normalized spacial score (nSPS) is 16.3. The predicted molar refractivity (Wildman–Crippen MR) is 140 cm³/mol. The zero-order valence-corrected chi connectivity index (χ0v) is 22.1. The summed E-state index contributed by atoms with van der Waals surface area (Å²) >= 11 is 1.63. The van der Waals surface area contributed by atoms with Gasteiger partial charge in [-0.1, -0.05) is 44.7 Å². The lowest BCUT2D eigenvalue weighted by molar-refractivity contribution is -0.142. The summed E-state index contributed by atoms with van der Waals surface area (Å²) in [5, 5.41) is 2.02. The van der Waals surface area contributed by atoms with Crippen molar-refractivity contribution in [3.8, 4) is 11.5 Å². The summed E-state index contributed by atoms with van der Waals surface area (Å²) in [4.78, 5) is 31.5. The Hall–Kier alpha value is -2.58. The van der Waals surface area contributed by atoms with Gasteiger partial charge < -0.3 is 24.0 Å². The fourth-order valence-corrected chi connectivity index (χ4v) is 5.39. The highest BCUT2D eigenvalue weighted by Crippen LogP contribution is 2.33. The maximum atomic E-state index is 13.7. The van der Waals surface area contributed by atoms with Gasteiger partial charge in [0.05, 0.1) is 19.2 Å². The van der Waals surface area contributed by atoms with Gasteiger partial charge in [0.15, 0.2) is 11.5 Å². The van der Waals surface area contributed by atoms with Crippen molar-refractivity contribution in [2.75, 3.05) is 26.5 Å². The van der Waals surface area contributed by atoms with Crippen LogP contribution in [0.4, 0.5) is 0 Å². The van der Waals surface area contributed by atoms with Crippen LogP contribution >= 0.6 is 11.3 Å². The lowest BCUT2D eigenvalue weighted by Gasteiger charge is -2.29. The molecule has 8 heteroatoms. The Morgan fingerprint density at radius 2 is 1.86 bits per heavy atom. The van der Waals surface area contributed by atoms with E-state index >= 15 is 0 Å². The highest BCUT2D eigenvalue weighted by molar-refractivity contribution is 7.09. The summed E-state index contributed by atoms with van der Waals surface area (Å²) in [7, 11) is 0. The van der Waals surface area contributed by atoms with Crippen LogP contribution in [0.5, 0.6) is 11.5 Å². The van der Waals surface area contributed by atoms with Gasteiger partial charge in [0.1, 0.15) is 0 Å². The van der Waals surface area contributed by atoms with Crippen LogP contribution in [0.1, 0.15) is 68.7 Å². The number of carbonyl (C=O) groups excluding carboxylic acids is 2. The summed E-state index contributed by atoms with van der Waals surface area (Å²) in [6.45, 7) is 4.63. The molecule has 0 N–H and O–H groups in total. The molecule has 1 unspecified atom stereocenters. The van der Waals surface area contributed by atoms with Crippen LogP contribution in [0.3, 0.4) is 0 Å². The largest absolute Gasteiger partial charge is 0.454 e. The van der Waals surface area contributed by atoms with E-state index in [-0.39, 0.29) is 31.3 Å². The number of thiophene rings is 1. The zero-order valence-electron chi connectivity index (χ0n) is 21.3. The van der Waals surface area contributed by atoms with Crippen LogP contribution in [-0.4, -0.2) is 54.2 Å². The Bertz CT molecular complexity index is 974. The second kappa shape index (κ2) is 13.7. The molecular weight excluding hydrogens is 476 g/mol. The van der Waals surface area contributed by atoms with Crippen molar-refractivity contribution >= 4 is 23.2 Å². The molecule has 36 heavy (non-hydrogen) atoms. The van der Waals surface area contributed by atoms with Gasteiger partial charge in [-0.15, -0.1) is 11.3 Å². The molecule has 1 saturated heterocycles. The molecule has 2 amide bonds. The van der Waals surface area contributed by atoms with E-state index in [1.54, 1.807) is 16.2 Å². The Balaban J connectivity index is 1.43. The Labute approximate surface area is 218 Å². The van der Waals surface area contributed by atoms with Gasteiger partial charge in [0.25, 0.3) is 0 Å². The number of fused-ring (bicyclic) bond motifs is 1. The number of nitrogens with zero attached hydrogens (tertiary/aromatic N) is 2. The molecule has 2 aliphatic heterocycles. The number of carbonyl (C=O) groups is 2. The molecule has 2 aliphatic rings. The average molecular weight is 515 g/mol. The minimum atomic E-state index is -0.0570. The second-order valence-electron chi connectivity index (χ2n) is 9.59. The summed E-state index contributed by atoms with van der Waals surface area (Å²) in [6.07, 6.45) is 7.88. The molecule has 196 valence electrons. The van der Waals surface area contributed by atoms with Gasteiger partial charge >= 0.3 is 0 Å². The highest BCUT2D eigenvalue weighted by atomic mass is 32.1.